The maximum absolute atomic E-state index is 12.0. The van der Waals surface area contributed by atoms with Gasteiger partial charge in [-0.2, -0.15) is 0 Å². The van der Waals surface area contributed by atoms with Gasteiger partial charge >= 0.3 is 6.03 Å². The number of carbonyl (C=O) groups excluding carboxylic acids is 2. The van der Waals surface area contributed by atoms with Gasteiger partial charge in [0.05, 0.1) is 17.1 Å². The molecule has 0 spiro atoms. The summed E-state index contributed by atoms with van der Waals surface area (Å²) in [6.45, 7) is 1.68. The highest BCUT2D eigenvalue weighted by atomic mass is 35.5. The number of urea groups is 1. The fraction of sp³-hybridized carbons (Fsp3) is 0.105. The highest BCUT2D eigenvalue weighted by molar-refractivity contribution is 8.00. The van der Waals surface area contributed by atoms with Gasteiger partial charge in [-0.15, -0.1) is 0 Å². The third kappa shape index (κ3) is 4.50. The van der Waals surface area contributed by atoms with E-state index in [-0.39, 0.29) is 0 Å². The highest BCUT2D eigenvalue weighted by Gasteiger charge is 2.21. The Bertz CT molecular complexity index is 975. The molecule has 0 saturated carbocycles. The predicted molar refractivity (Wildman–Crippen MR) is 107 cm³/mol. The maximum atomic E-state index is 12.0. The summed E-state index contributed by atoms with van der Waals surface area (Å²) in [7, 11) is 0. The molecular weight excluding hydrogens is 384 g/mol. The number of amides is 3. The van der Waals surface area contributed by atoms with Gasteiger partial charge in [0.2, 0.25) is 5.91 Å². The van der Waals surface area contributed by atoms with Crippen LogP contribution in [0, 0.1) is 0 Å². The molecule has 1 atom stereocenters. The van der Waals surface area contributed by atoms with Crippen molar-refractivity contribution in [1.29, 1.82) is 0 Å². The normalized spacial score (nSPS) is 11.8. The van der Waals surface area contributed by atoms with Crippen LogP contribution in [0.15, 0.2) is 66.0 Å². The molecule has 3 N–H and O–H groups in total. The van der Waals surface area contributed by atoms with Gasteiger partial charge in [0.25, 0.3) is 0 Å². The zero-order chi connectivity index (χ0) is 19.4. The third-order valence-corrected chi connectivity index (χ3v) is 5.06. The van der Waals surface area contributed by atoms with Crippen molar-refractivity contribution in [3.8, 4) is 16.9 Å². The van der Waals surface area contributed by atoms with E-state index in [0.29, 0.717) is 10.2 Å². The summed E-state index contributed by atoms with van der Waals surface area (Å²) >= 11 is 7.40. The molecule has 2 aromatic carbocycles. The number of nitrogens with one attached hydrogen (secondary N) is 1. The summed E-state index contributed by atoms with van der Waals surface area (Å²) in [5.41, 5.74) is 7.69. The number of imide groups is 1. The van der Waals surface area contributed by atoms with Crippen molar-refractivity contribution < 1.29 is 9.59 Å². The van der Waals surface area contributed by atoms with Crippen LogP contribution in [-0.4, -0.2) is 26.7 Å². The minimum atomic E-state index is -0.879. The highest BCUT2D eigenvalue weighted by Crippen LogP contribution is 2.32. The van der Waals surface area contributed by atoms with E-state index in [1.54, 1.807) is 19.2 Å². The molecule has 0 aliphatic heterocycles. The number of primary amides is 1. The Morgan fingerprint density at radius 2 is 1.93 bits per heavy atom. The predicted octanol–water partition coefficient (Wildman–Crippen LogP) is 3.87. The van der Waals surface area contributed by atoms with Gasteiger partial charge in [-0.3, -0.25) is 14.7 Å². The molecule has 138 valence electrons. The summed E-state index contributed by atoms with van der Waals surface area (Å²) in [5.74, 6) is -0.477. The second-order valence-electron chi connectivity index (χ2n) is 5.72. The lowest BCUT2D eigenvalue weighted by Gasteiger charge is -2.14. The van der Waals surface area contributed by atoms with E-state index in [0.717, 1.165) is 16.9 Å². The quantitative estimate of drug-likeness (QED) is 0.636. The lowest BCUT2D eigenvalue weighted by molar-refractivity contribution is -0.119. The smallest absolute Gasteiger partial charge is 0.318 e. The Kier molecular flexibility index (Phi) is 5.83. The van der Waals surface area contributed by atoms with Gasteiger partial charge in [0.1, 0.15) is 0 Å². The standard InChI is InChI=1S/C19H17ClN4O2S/c1-12(17(25)23-18(21)26)27-19-22-11-16(13-6-3-2-4-7-13)24(19)15-9-5-8-14(20)10-15/h2-12H,1H3,(H3,21,23,25,26). The molecule has 0 radical (unpaired) electrons. The number of halogens is 1. The van der Waals surface area contributed by atoms with Crippen LogP contribution in [0.25, 0.3) is 16.9 Å². The van der Waals surface area contributed by atoms with Crippen LogP contribution in [0.5, 0.6) is 0 Å². The Morgan fingerprint density at radius 3 is 2.59 bits per heavy atom. The molecule has 0 bridgehead atoms. The van der Waals surface area contributed by atoms with Gasteiger partial charge in [-0.1, -0.05) is 59.8 Å². The number of rotatable bonds is 5. The molecule has 3 amide bonds. The number of hydrogen-bond acceptors (Lipinski definition) is 4. The molecule has 3 aromatic rings. The first-order chi connectivity index (χ1) is 13.0. The summed E-state index contributed by atoms with van der Waals surface area (Å²) in [4.78, 5) is 27.5. The molecule has 1 aromatic heterocycles. The lowest BCUT2D eigenvalue weighted by atomic mass is 10.1. The molecule has 27 heavy (non-hydrogen) atoms. The third-order valence-electron chi connectivity index (χ3n) is 3.76. The fourth-order valence-corrected chi connectivity index (χ4v) is 3.62. The largest absolute Gasteiger partial charge is 0.351 e. The van der Waals surface area contributed by atoms with Crippen molar-refractivity contribution in [2.75, 3.05) is 0 Å². The van der Waals surface area contributed by atoms with Crippen molar-refractivity contribution in [3.63, 3.8) is 0 Å². The lowest BCUT2D eigenvalue weighted by Crippen LogP contribution is -2.39. The molecule has 0 fully saturated rings. The molecule has 1 unspecified atom stereocenters. The molecule has 3 rings (SSSR count). The fourth-order valence-electron chi connectivity index (χ4n) is 2.53. The molecule has 0 saturated heterocycles. The van der Waals surface area contributed by atoms with Gasteiger partial charge in [0, 0.05) is 16.3 Å². The number of nitrogens with zero attached hydrogens (tertiary/aromatic N) is 2. The van der Waals surface area contributed by atoms with Gasteiger partial charge < -0.3 is 5.73 Å². The summed E-state index contributed by atoms with van der Waals surface area (Å²) in [6.07, 6.45) is 1.75. The van der Waals surface area contributed by atoms with Crippen molar-refractivity contribution >= 4 is 35.3 Å². The zero-order valence-electron chi connectivity index (χ0n) is 14.4. The average molecular weight is 401 g/mol. The number of hydrogen-bond donors (Lipinski definition) is 2. The monoisotopic (exact) mass is 400 g/mol. The number of aromatic nitrogens is 2. The van der Waals surface area contributed by atoms with Gasteiger partial charge in [0.15, 0.2) is 5.16 Å². The number of carbonyl (C=O) groups is 2. The maximum Gasteiger partial charge on any atom is 0.318 e. The van der Waals surface area contributed by atoms with E-state index in [1.807, 2.05) is 53.1 Å². The number of imidazole rings is 1. The van der Waals surface area contributed by atoms with E-state index < -0.39 is 17.2 Å². The van der Waals surface area contributed by atoms with Gasteiger partial charge in [-0.05, 0) is 25.1 Å². The Hall–Kier alpha value is -2.77. The Labute approximate surface area is 165 Å². The number of nitrogens with two attached hydrogens (primary N) is 1. The van der Waals surface area contributed by atoms with Crippen LogP contribution in [0.4, 0.5) is 4.79 Å². The van der Waals surface area contributed by atoms with Crippen molar-refractivity contribution in [1.82, 2.24) is 14.9 Å². The summed E-state index contributed by atoms with van der Waals surface area (Å²) in [5, 5.41) is 2.72. The SMILES string of the molecule is CC(Sc1ncc(-c2ccccc2)n1-c1cccc(Cl)c1)C(=O)NC(N)=O. The molecule has 1 heterocycles. The first-order valence-electron chi connectivity index (χ1n) is 8.12. The van der Waals surface area contributed by atoms with Crippen LogP contribution in [0.1, 0.15) is 6.92 Å². The molecule has 6 nitrogen and oxygen atoms in total. The van der Waals surface area contributed by atoms with E-state index in [9.17, 15) is 9.59 Å². The van der Waals surface area contributed by atoms with E-state index in [2.05, 4.69) is 10.3 Å². The molecule has 0 aliphatic carbocycles. The van der Waals surface area contributed by atoms with Crippen molar-refractivity contribution in [2.45, 2.75) is 17.3 Å². The van der Waals surface area contributed by atoms with Crippen LogP contribution in [0.2, 0.25) is 5.02 Å². The second-order valence-corrected chi connectivity index (χ2v) is 7.47. The van der Waals surface area contributed by atoms with Crippen molar-refractivity contribution in [2.24, 2.45) is 5.73 Å². The topological polar surface area (TPSA) is 90.0 Å². The van der Waals surface area contributed by atoms with E-state index >= 15 is 0 Å². The number of benzene rings is 2. The van der Waals surface area contributed by atoms with Crippen LogP contribution >= 0.6 is 23.4 Å². The minimum Gasteiger partial charge on any atom is -0.351 e. The first kappa shape index (κ1) is 19.0. The zero-order valence-corrected chi connectivity index (χ0v) is 16.0. The number of thioether (sulfide) groups is 1. The van der Waals surface area contributed by atoms with E-state index in [4.69, 9.17) is 17.3 Å². The summed E-state index contributed by atoms with van der Waals surface area (Å²) < 4.78 is 1.93. The second kappa shape index (κ2) is 8.28. The van der Waals surface area contributed by atoms with Crippen LogP contribution in [0.3, 0.4) is 0 Å². The molecule has 8 heteroatoms. The van der Waals surface area contributed by atoms with Gasteiger partial charge in [-0.25, -0.2) is 9.78 Å². The molecular formula is C19H17ClN4O2S. The molecule has 0 aliphatic rings. The Balaban J connectivity index is 2.03. The van der Waals surface area contributed by atoms with E-state index in [1.165, 1.54) is 11.8 Å². The first-order valence-corrected chi connectivity index (χ1v) is 9.37. The Morgan fingerprint density at radius 1 is 1.19 bits per heavy atom. The summed E-state index contributed by atoms with van der Waals surface area (Å²) in [6, 6.07) is 16.3. The van der Waals surface area contributed by atoms with Crippen LogP contribution in [-0.2, 0) is 4.79 Å². The van der Waals surface area contributed by atoms with Crippen LogP contribution < -0.4 is 11.1 Å². The average Bonchev–Trinajstić information content (AvgIpc) is 3.05. The minimum absolute atomic E-state index is 0.477. The van der Waals surface area contributed by atoms with Crippen molar-refractivity contribution in [3.05, 3.63) is 65.8 Å².